The monoisotopic (exact) mass is 279 g/mol. The smallest absolute Gasteiger partial charge is 0.308 e. The maximum Gasteiger partial charge on any atom is 0.308 e. The van der Waals surface area contributed by atoms with Crippen LogP contribution in [0.4, 0.5) is 10.1 Å². The van der Waals surface area contributed by atoms with Gasteiger partial charge in [0.05, 0.1) is 12.1 Å². The Labute approximate surface area is 114 Å². The van der Waals surface area contributed by atoms with Crippen LogP contribution in [-0.4, -0.2) is 11.1 Å². The summed E-state index contributed by atoms with van der Waals surface area (Å²) in [5, 5.41) is 11.8. The molecule has 0 saturated heterocycles. The van der Waals surface area contributed by atoms with Crippen molar-refractivity contribution in [3.8, 4) is 0 Å². The van der Waals surface area contributed by atoms with E-state index in [4.69, 9.17) is 5.11 Å². The van der Waals surface area contributed by atoms with Gasteiger partial charge in [-0.05, 0) is 30.7 Å². The largest absolute Gasteiger partial charge is 0.481 e. The van der Waals surface area contributed by atoms with Crippen molar-refractivity contribution in [1.82, 2.24) is 0 Å². The van der Waals surface area contributed by atoms with Crippen LogP contribution in [0.2, 0.25) is 0 Å². The minimum absolute atomic E-state index is 0.0311. The Kier molecular flexibility index (Phi) is 4.16. The van der Waals surface area contributed by atoms with Gasteiger partial charge in [0.2, 0.25) is 0 Å². The molecule has 2 aromatic rings. The minimum atomic E-state index is -0.841. The summed E-state index contributed by atoms with van der Waals surface area (Å²) in [6.45, 7) is 2.34. The van der Waals surface area contributed by atoms with E-state index in [2.05, 4.69) is 5.32 Å². The number of carboxylic acids is 1. The molecule has 0 aliphatic carbocycles. The van der Waals surface area contributed by atoms with Crippen LogP contribution < -0.4 is 5.32 Å². The molecular weight excluding hydrogens is 265 g/mol. The third-order valence-electron chi connectivity index (χ3n) is 2.70. The molecule has 0 unspecified atom stereocenters. The Hall–Kier alpha value is -1.88. The van der Waals surface area contributed by atoms with Gasteiger partial charge >= 0.3 is 5.97 Å². The van der Waals surface area contributed by atoms with E-state index in [9.17, 15) is 9.18 Å². The molecule has 0 radical (unpaired) electrons. The topological polar surface area (TPSA) is 49.3 Å². The maximum atomic E-state index is 13.6. The molecule has 1 aromatic carbocycles. The lowest BCUT2D eigenvalue weighted by atomic mass is 10.2. The highest BCUT2D eigenvalue weighted by Gasteiger charge is 2.07. The van der Waals surface area contributed by atoms with Gasteiger partial charge in [0.1, 0.15) is 5.82 Å². The molecule has 0 fully saturated rings. The highest BCUT2D eigenvalue weighted by Crippen LogP contribution is 2.22. The van der Waals surface area contributed by atoms with Crippen LogP contribution in [0.5, 0.6) is 0 Å². The van der Waals surface area contributed by atoms with Crippen LogP contribution in [0.25, 0.3) is 0 Å². The standard InChI is InChI=1S/C14H14FNO2S/c1-9-3-2-4-12(15)14(9)16-8-11-6-5-10(19-11)7-13(17)18/h2-6,16H,7-8H2,1H3,(H,17,18). The average Bonchev–Trinajstić information content (AvgIpc) is 2.75. The fourth-order valence-electron chi connectivity index (χ4n) is 1.79. The van der Waals surface area contributed by atoms with E-state index in [1.54, 1.807) is 12.1 Å². The molecular formula is C14H14FNO2S. The van der Waals surface area contributed by atoms with Crippen LogP contribution in [-0.2, 0) is 17.8 Å². The maximum absolute atomic E-state index is 13.6. The summed E-state index contributed by atoms with van der Waals surface area (Å²) in [4.78, 5) is 12.4. The van der Waals surface area contributed by atoms with E-state index < -0.39 is 5.97 Å². The molecule has 19 heavy (non-hydrogen) atoms. The number of aliphatic carboxylic acids is 1. The number of anilines is 1. The quantitative estimate of drug-likeness (QED) is 0.881. The number of aryl methyl sites for hydroxylation is 1. The van der Waals surface area contributed by atoms with Gasteiger partial charge in [0.25, 0.3) is 0 Å². The molecule has 2 rings (SSSR count). The normalized spacial score (nSPS) is 10.4. The van der Waals surface area contributed by atoms with Crippen LogP contribution in [0.3, 0.4) is 0 Å². The first-order valence-corrected chi connectivity index (χ1v) is 6.66. The summed E-state index contributed by atoms with van der Waals surface area (Å²) in [5.74, 6) is -1.12. The molecule has 2 N–H and O–H groups in total. The zero-order chi connectivity index (χ0) is 13.8. The number of halogens is 1. The SMILES string of the molecule is Cc1cccc(F)c1NCc1ccc(CC(=O)O)s1. The van der Waals surface area contributed by atoms with Crippen molar-refractivity contribution in [2.24, 2.45) is 0 Å². The van der Waals surface area contributed by atoms with E-state index in [1.807, 2.05) is 19.1 Å². The summed E-state index contributed by atoms with van der Waals surface area (Å²) in [7, 11) is 0. The second-order valence-electron chi connectivity index (χ2n) is 4.22. The van der Waals surface area contributed by atoms with E-state index in [0.717, 1.165) is 15.3 Å². The van der Waals surface area contributed by atoms with E-state index in [-0.39, 0.29) is 12.2 Å². The first-order valence-electron chi connectivity index (χ1n) is 5.84. The summed E-state index contributed by atoms with van der Waals surface area (Å²) >= 11 is 1.43. The van der Waals surface area contributed by atoms with Gasteiger partial charge < -0.3 is 10.4 Å². The molecule has 100 valence electrons. The molecule has 1 aromatic heterocycles. The van der Waals surface area contributed by atoms with Crippen molar-refractivity contribution in [1.29, 1.82) is 0 Å². The lowest BCUT2D eigenvalue weighted by molar-refractivity contribution is -0.136. The number of hydrogen-bond acceptors (Lipinski definition) is 3. The van der Waals surface area contributed by atoms with Crippen LogP contribution in [0.15, 0.2) is 30.3 Å². The second-order valence-corrected chi connectivity index (χ2v) is 5.48. The Bertz CT molecular complexity index is 575. The third kappa shape index (κ3) is 3.54. The number of hydrogen-bond donors (Lipinski definition) is 2. The number of para-hydroxylation sites is 1. The van der Waals surface area contributed by atoms with Crippen molar-refractivity contribution in [2.75, 3.05) is 5.32 Å². The van der Waals surface area contributed by atoms with Crippen LogP contribution >= 0.6 is 11.3 Å². The molecule has 0 amide bonds. The average molecular weight is 279 g/mol. The molecule has 3 nitrogen and oxygen atoms in total. The zero-order valence-corrected chi connectivity index (χ0v) is 11.3. The Morgan fingerprint density at radius 3 is 2.74 bits per heavy atom. The van der Waals surface area contributed by atoms with Crippen LogP contribution in [0.1, 0.15) is 15.3 Å². The van der Waals surface area contributed by atoms with E-state index >= 15 is 0 Å². The van der Waals surface area contributed by atoms with Gasteiger partial charge in [-0.2, -0.15) is 0 Å². The van der Waals surface area contributed by atoms with Gasteiger partial charge in [0.15, 0.2) is 0 Å². The van der Waals surface area contributed by atoms with Gasteiger partial charge in [-0.15, -0.1) is 11.3 Å². The molecule has 5 heteroatoms. The molecule has 0 spiro atoms. The van der Waals surface area contributed by atoms with Crippen molar-refractivity contribution in [3.05, 3.63) is 51.5 Å². The third-order valence-corrected chi connectivity index (χ3v) is 3.79. The number of rotatable bonds is 5. The molecule has 0 aliphatic rings. The first-order chi connectivity index (χ1) is 9.06. The molecule has 1 heterocycles. The van der Waals surface area contributed by atoms with Crippen molar-refractivity contribution in [2.45, 2.75) is 19.9 Å². The lowest BCUT2D eigenvalue weighted by Crippen LogP contribution is -2.01. The first kappa shape index (κ1) is 13.5. The molecule has 0 bridgehead atoms. The number of carboxylic acid groups (broad SMARTS) is 1. The summed E-state index contributed by atoms with van der Waals surface area (Å²) in [6.07, 6.45) is 0.0311. The summed E-state index contributed by atoms with van der Waals surface area (Å²) in [6, 6.07) is 8.59. The van der Waals surface area contributed by atoms with Gasteiger partial charge in [-0.1, -0.05) is 12.1 Å². The Morgan fingerprint density at radius 1 is 1.32 bits per heavy atom. The molecule has 0 saturated carbocycles. The number of nitrogens with one attached hydrogen (secondary N) is 1. The highest BCUT2D eigenvalue weighted by molar-refractivity contribution is 7.12. The van der Waals surface area contributed by atoms with Crippen LogP contribution in [0, 0.1) is 12.7 Å². The van der Waals surface area contributed by atoms with Crippen molar-refractivity contribution < 1.29 is 14.3 Å². The highest BCUT2D eigenvalue weighted by atomic mass is 32.1. The minimum Gasteiger partial charge on any atom is -0.481 e. The summed E-state index contributed by atoms with van der Waals surface area (Å²) < 4.78 is 13.6. The number of benzene rings is 1. The molecule has 0 atom stereocenters. The Morgan fingerprint density at radius 2 is 2.05 bits per heavy atom. The number of carbonyl (C=O) groups is 1. The van der Waals surface area contributed by atoms with E-state index in [1.165, 1.54) is 17.4 Å². The Balaban J connectivity index is 2.02. The predicted octanol–water partition coefficient (Wildman–Crippen LogP) is 3.43. The van der Waals surface area contributed by atoms with Gasteiger partial charge in [-0.3, -0.25) is 4.79 Å². The predicted molar refractivity (Wildman–Crippen MR) is 74.1 cm³/mol. The zero-order valence-electron chi connectivity index (χ0n) is 10.4. The van der Waals surface area contributed by atoms with E-state index in [0.29, 0.717) is 12.2 Å². The van der Waals surface area contributed by atoms with Gasteiger partial charge in [0, 0.05) is 16.3 Å². The summed E-state index contributed by atoms with van der Waals surface area (Å²) in [5.41, 5.74) is 1.35. The fourth-order valence-corrected chi connectivity index (χ4v) is 2.74. The fraction of sp³-hybridized carbons (Fsp3) is 0.214. The molecule has 0 aliphatic heterocycles. The number of thiophene rings is 1. The van der Waals surface area contributed by atoms with Crippen molar-refractivity contribution in [3.63, 3.8) is 0 Å². The second kappa shape index (κ2) is 5.84. The lowest BCUT2D eigenvalue weighted by Gasteiger charge is -2.09. The van der Waals surface area contributed by atoms with Crippen molar-refractivity contribution >= 4 is 23.0 Å². The van der Waals surface area contributed by atoms with Gasteiger partial charge in [-0.25, -0.2) is 4.39 Å².